The van der Waals surface area contributed by atoms with Crippen molar-refractivity contribution in [1.82, 2.24) is 10.3 Å². The van der Waals surface area contributed by atoms with Crippen LogP contribution in [0.5, 0.6) is 5.75 Å². The molecule has 4 rings (SSSR count). The van der Waals surface area contributed by atoms with E-state index in [0.29, 0.717) is 11.5 Å². The van der Waals surface area contributed by atoms with E-state index in [-0.39, 0.29) is 0 Å². The molecule has 0 radical (unpaired) electrons. The molecule has 0 amide bonds. The molecule has 3 atom stereocenters. The highest BCUT2D eigenvalue weighted by molar-refractivity contribution is 5.83. The fourth-order valence-electron chi connectivity index (χ4n) is 4.61. The molecule has 1 aliphatic heterocycles. The summed E-state index contributed by atoms with van der Waals surface area (Å²) >= 11 is 0. The number of hydrogen-bond acceptors (Lipinski definition) is 3. The van der Waals surface area contributed by atoms with Crippen molar-refractivity contribution in [2.75, 3.05) is 13.7 Å². The lowest BCUT2D eigenvalue weighted by atomic mass is 9.99. The summed E-state index contributed by atoms with van der Waals surface area (Å²) in [6, 6.07) is 8.27. The zero-order chi connectivity index (χ0) is 15.9. The molecule has 2 fully saturated rings. The maximum Gasteiger partial charge on any atom is 0.119 e. The first-order valence-electron chi connectivity index (χ1n) is 8.58. The second-order valence-corrected chi connectivity index (χ2v) is 6.83. The molecule has 2 aliphatic rings. The van der Waals surface area contributed by atoms with E-state index in [1.54, 1.807) is 7.11 Å². The Morgan fingerprint density at radius 1 is 1.43 bits per heavy atom. The summed E-state index contributed by atoms with van der Waals surface area (Å²) < 4.78 is 5.37. The normalized spacial score (nSPS) is 28.6. The molecule has 1 aromatic carbocycles. The molecule has 0 spiro atoms. The summed E-state index contributed by atoms with van der Waals surface area (Å²) in [7, 11) is 1.71. The Labute approximate surface area is 137 Å². The number of nitrogens with zero attached hydrogens (tertiary/aromatic N) is 1. The number of fused-ring (bicyclic) bond motifs is 2. The first-order chi connectivity index (χ1) is 11.3. The molecule has 0 bridgehead atoms. The molecular weight excluding hydrogens is 284 g/mol. The van der Waals surface area contributed by atoms with E-state index in [2.05, 4.69) is 35.1 Å². The Morgan fingerprint density at radius 2 is 2.35 bits per heavy atom. The van der Waals surface area contributed by atoms with Gasteiger partial charge in [-0.2, -0.15) is 0 Å². The third kappa shape index (κ3) is 2.34. The molecule has 2 aromatic rings. The molecule has 3 nitrogen and oxygen atoms in total. The van der Waals surface area contributed by atoms with Crippen LogP contribution in [0.15, 0.2) is 43.1 Å². The Bertz CT molecular complexity index is 741. The van der Waals surface area contributed by atoms with Crippen molar-refractivity contribution in [2.45, 2.75) is 31.2 Å². The molecule has 3 heteroatoms. The molecule has 2 heterocycles. The lowest BCUT2D eigenvalue weighted by Crippen LogP contribution is -2.30. The summed E-state index contributed by atoms with van der Waals surface area (Å²) in [5.74, 6) is 2.41. The molecule has 1 N–H and O–H groups in total. The van der Waals surface area contributed by atoms with Crippen molar-refractivity contribution < 1.29 is 4.74 Å². The number of aryl methyl sites for hydroxylation is 1. The van der Waals surface area contributed by atoms with Gasteiger partial charge < -0.3 is 10.1 Å². The molecular formula is C20H24N2O. The zero-order valence-electron chi connectivity index (χ0n) is 13.7. The minimum atomic E-state index is 0.363. The fourth-order valence-corrected chi connectivity index (χ4v) is 4.61. The minimum Gasteiger partial charge on any atom is -0.497 e. The second-order valence-electron chi connectivity index (χ2n) is 6.83. The molecule has 1 saturated carbocycles. The number of piperidine rings is 1. The first-order valence-corrected chi connectivity index (χ1v) is 8.58. The molecule has 1 saturated heterocycles. The van der Waals surface area contributed by atoms with Crippen LogP contribution in [0.4, 0.5) is 0 Å². The molecule has 3 unspecified atom stereocenters. The first kappa shape index (κ1) is 14.7. The number of rotatable bonds is 6. The van der Waals surface area contributed by atoms with Gasteiger partial charge in [0.05, 0.1) is 12.6 Å². The van der Waals surface area contributed by atoms with Crippen molar-refractivity contribution in [3.05, 3.63) is 48.7 Å². The van der Waals surface area contributed by atoms with Crippen molar-refractivity contribution in [1.29, 1.82) is 0 Å². The summed E-state index contributed by atoms with van der Waals surface area (Å²) in [6.07, 6.45) is 8.91. The van der Waals surface area contributed by atoms with Crippen LogP contribution in [-0.2, 0) is 6.42 Å². The van der Waals surface area contributed by atoms with Crippen molar-refractivity contribution >= 4 is 10.9 Å². The number of nitrogens with one attached hydrogen (secondary N) is 1. The van der Waals surface area contributed by atoms with Gasteiger partial charge in [-0.3, -0.25) is 4.98 Å². The number of methoxy groups -OCH3 is 1. The van der Waals surface area contributed by atoms with Gasteiger partial charge in [0.1, 0.15) is 5.75 Å². The van der Waals surface area contributed by atoms with Gasteiger partial charge in [0.2, 0.25) is 0 Å². The van der Waals surface area contributed by atoms with Gasteiger partial charge in [-0.05, 0) is 73.9 Å². The van der Waals surface area contributed by atoms with E-state index in [1.807, 2.05) is 18.3 Å². The van der Waals surface area contributed by atoms with Gasteiger partial charge in [-0.25, -0.2) is 0 Å². The Balaban J connectivity index is 1.49. The van der Waals surface area contributed by atoms with Gasteiger partial charge in [0.15, 0.2) is 0 Å². The lowest BCUT2D eigenvalue weighted by Gasteiger charge is -2.16. The van der Waals surface area contributed by atoms with Gasteiger partial charge in [0, 0.05) is 17.1 Å². The van der Waals surface area contributed by atoms with Crippen LogP contribution in [0.1, 0.15) is 24.8 Å². The average molecular weight is 308 g/mol. The highest BCUT2D eigenvalue weighted by atomic mass is 16.5. The van der Waals surface area contributed by atoms with Crippen molar-refractivity contribution in [3.63, 3.8) is 0 Å². The van der Waals surface area contributed by atoms with E-state index < -0.39 is 0 Å². The summed E-state index contributed by atoms with van der Waals surface area (Å²) in [5.41, 5.74) is 2.78. The third-order valence-electron chi connectivity index (χ3n) is 5.82. The summed E-state index contributed by atoms with van der Waals surface area (Å²) in [5, 5.41) is 4.96. The van der Waals surface area contributed by atoms with Crippen molar-refractivity contribution in [3.8, 4) is 5.75 Å². The number of pyridine rings is 1. The quantitative estimate of drug-likeness (QED) is 0.826. The van der Waals surface area contributed by atoms with Crippen LogP contribution in [0.2, 0.25) is 0 Å². The van der Waals surface area contributed by atoms with Crippen LogP contribution < -0.4 is 10.1 Å². The standard InChI is InChI=1S/C20H24N2O/c1-3-17-18-9-12-22-20(17,18)10-4-5-14-8-11-21-19-7-6-15(23-2)13-16(14)19/h3,6-8,11,13,17-18,22H,1,4-5,9-10,12H2,2H3. The molecule has 23 heavy (non-hydrogen) atoms. The van der Waals surface area contributed by atoms with Crippen LogP contribution >= 0.6 is 0 Å². The Hall–Kier alpha value is -1.87. The topological polar surface area (TPSA) is 34.2 Å². The average Bonchev–Trinajstić information content (AvgIpc) is 2.98. The maximum atomic E-state index is 5.37. The van der Waals surface area contributed by atoms with Gasteiger partial charge >= 0.3 is 0 Å². The highest BCUT2D eigenvalue weighted by Crippen LogP contribution is 2.59. The van der Waals surface area contributed by atoms with E-state index in [1.165, 1.54) is 36.8 Å². The van der Waals surface area contributed by atoms with E-state index in [0.717, 1.165) is 23.6 Å². The van der Waals surface area contributed by atoms with Gasteiger partial charge in [0.25, 0.3) is 0 Å². The Morgan fingerprint density at radius 3 is 3.13 bits per heavy atom. The van der Waals surface area contributed by atoms with Crippen molar-refractivity contribution in [2.24, 2.45) is 11.8 Å². The SMILES string of the molecule is C=CC1C2CCNC12CCCc1ccnc2ccc(OC)cc12. The largest absolute Gasteiger partial charge is 0.497 e. The molecule has 120 valence electrons. The Kier molecular flexibility index (Phi) is 3.61. The smallest absolute Gasteiger partial charge is 0.119 e. The number of hydrogen-bond donors (Lipinski definition) is 1. The van der Waals surface area contributed by atoms with Crippen LogP contribution in [0.25, 0.3) is 10.9 Å². The fraction of sp³-hybridized carbons (Fsp3) is 0.450. The molecule has 1 aliphatic carbocycles. The van der Waals surface area contributed by atoms with Crippen LogP contribution in [0.3, 0.4) is 0 Å². The van der Waals surface area contributed by atoms with E-state index >= 15 is 0 Å². The van der Waals surface area contributed by atoms with Crippen LogP contribution in [-0.4, -0.2) is 24.2 Å². The summed E-state index contributed by atoms with van der Waals surface area (Å²) in [4.78, 5) is 4.47. The highest BCUT2D eigenvalue weighted by Gasteiger charge is 2.64. The number of aromatic nitrogens is 1. The third-order valence-corrected chi connectivity index (χ3v) is 5.82. The van der Waals surface area contributed by atoms with E-state index in [4.69, 9.17) is 4.74 Å². The number of benzene rings is 1. The van der Waals surface area contributed by atoms with Gasteiger partial charge in [-0.1, -0.05) is 6.08 Å². The predicted octanol–water partition coefficient (Wildman–Crippen LogP) is 3.73. The minimum absolute atomic E-state index is 0.363. The summed E-state index contributed by atoms with van der Waals surface area (Å²) in [6.45, 7) is 5.19. The maximum absolute atomic E-state index is 5.37. The predicted molar refractivity (Wildman–Crippen MR) is 93.8 cm³/mol. The van der Waals surface area contributed by atoms with Gasteiger partial charge in [-0.15, -0.1) is 6.58 Å². The van der Waals surface area contributed by atoms with Crippen LogP contribution in [0, 0.1) is 11.8 Å². The second kappa shape index (κ2) is 5.64. The monoisotopic (exact) mass is 308 g/mol. The number of ether oxygens (including phenoxy) is 1. The zero-order valence-corrected chi connectivity index (χ0v) is 13.7. The lowest BCUT2D eigenvalue weighted by molar-refractivity contribution is 0.415. The molecule has 1 aromatic heterocycles. The van der Waals surface area contributed by atoms with E-state index in [9.17, 15) is 0 Å².